The van der Waals surface area contributed by atoms with Crippen molar-refractivity contribution < 1.29 is 0 Å². The van der Waals surface area contributed by atoms with Crippen LogP contribution in [0.1, 0.15) is 26.7 Å². The highest BCUT2D eigenvalue weighted by Crippen LogP contribution is 2.26. The molecule has 4 heteroatoms. The van der Waals surface area contributed by atoms with Crippen LogP contribution < -0.4 is 10.2 Å². The number of benzene rings is 1. The molecule has 0 aliphatic carbocycles. The van der Waals surface area contributed by atoms with Crippen molar-refractivity contribution in [2.24, 2.45) is 0 Å². The highest BCUT2D eigenvalue weighted by molar-refractivity contribution is 5.90. The summed E-state index contributed by atoms with van der Waals surface area (Å²) in [4.78, 5) is 11.4. The maximum absolute atomic E-state index is 4.63. The van der Waals surface area contributed by atoms with Crippen molar-refractivity contribution in [3.8, 4) is 0 Å². The van der Waals surface area contributed by atoms with Gasteiger partial charge in [-0.25, -0.2) is 4.98 Å². The van der Waals surface area contributed by atoms with E-state index in [-0.39, 0.29) is 0 Å². The fourth-order valence-electron chi connectivity index (χ4n) is 2.26. The van der Waals surface area contributed by atoms with Crippen molar-refractivity contribution in [2.75, 3.05) is 24.3 Å². The second-order valence-electron chi connectivity index (χ2n) is 4.89. The molecular formula is C15H22N4. The van der Waals surface area contributed by atoms with Gasteiger partial charge in [0.1, 0.15) is 5.82 Å². The quantitative estimate of drug-likeness (QED) is 0.893. The standard InChI is InChI=1S/C15H22N4/c1-5-8-11(2)19(4)14-12-9-6-7-10-13(12)17-15(16-3)18-14/h6-7,9-11H,5,8H2,1-4H3,(H,16,17,18). The molecule has 0 saturated carbocycles. The number of nitrogens with zero attached hydrogens (tertiary/aromatic N) is 3. The summed E-state index contributed by atoms with van der Waals surface area (Å²) in [6, 6.07) is 8.62. The first-order valence-electron chi connectivity index (χ1n) is 6.84. The Morgan fingerprint density at radius 2 is 2.00 bits per heavy atom. The molecule has 1 N–H and O–H groups in total. The summed E-state index contributed by atoms with van der Waals surface area (Å²) in [5.74, 6) is 1.67. The Morgan fingerprint density at radius 3 is 2.68 bits per heavy atom. The zero-order valence-electron chi connectivity index (χ0n) is 12.1. The molecule has 0 bridgehead atoms. The molecule has 2 rings (SSSR count). The first kappa shape index (κ1) is 13.6. The average molecular weight is 258 g/mol. The third kappa shape index (κ3) is 2.78. The lowest BCUT2D eigenvalue weighted by molar-refractivity contribution is 0.612. The first-order chi connectivity index (χ1) is 9.17. The van der Waals surface area contributed by atoms with Crippen molar-refractivity contribution >= 4 is 22.7 Å². The smallest absolute Gasteiger partial charge is 0.224 e. The van der Waals surface area contributed by atoms with Gasteiger partial charge in [-0.3, -0.25) is 0 Å². The molecule has 0 radical (unpaired) electrons. The van der Waals surface area contributed by atoms with Gasteiger partial charge in [-0.2, -0.15) is 4.98 Å². The highest BCUT2D eigenvalue weighted by atomic mass is 15.2. The second-order valence-corrected chi connectivity index (χ2v) is 4.89. The second kappa shape index (κ2) is 5.87. The van der Waals surface area contributed by atoms with E-state index in [0.717, 1.165) is 23.1 Å². The van der Waals surface area contributed by atoms with Crippen molar-refractivity contribution in [3.63, 3.8) is 0 Å². The Hall–Kier alpha value is -1.84. The molecule has 102 valence electrons. The van der Waals surface area contributed by atoms with Gasteiger partial charge in [0.2, 0.25) is 5.95 Å². The molecule has 1 heterocycles. The van der Waals surface area contributed by atoms with Crippen LogP contribution in [0.5, 0.6) is 0 Å². The summed E-state index contributed by atoms with van der Waals surface area (Å²) in [7, 11) is 3.96. The molecule has 4 nitrogen and oxygen atoms in total. The van der Waals surface area contributed by atoms with E-state index in [0.29, 0.717) is 12.0 Å². The lowest BCUT2D eigenvalue weighted by atomic mass is 10.1. The largest absolute Gasteiger partial charge is 0.357 e. The lowest BCUT2D eigenvalue weighted by Gasteiger charge is -2.27. The van der Waals surface area contributed by atoms with Gasteiger partial charge in [-0.05, 0) is 25.5 Å². The summed E-state index contributed by atoms with van der Waals surface area (Å²) in [6.07, 6.45) is 2.33. The van der Waals surface area contributed by atoms with E-state index in [4.69, 9.17) is 0 Å². The van der Waals surface area contributed by atoms with E-state index in [1.54, 1.807) is 0 Å². The van der Waals surface area contributed by atoms with E-state index >= 15 is 0 Å². The summed E-state index contributed by atoms with van der Waals surface area (Å²) >= 11 is 0. The van der Waals surface area contributed by atoms with Crippen molar-refractivity contribution in [1.82, 2.24) is 9.97 Å². The summed E-state index contributed by atoms with van der Waals surface area (Å²) in [6.45, 7) is 4.45. The summed E-state index contributed by atoms with van der Waals surface area (Å²) in [5, 5.41) is 4.14. The van der Waals surface area contributed by atoms with Gasteiger partial charge in [-0.1, -0.05) is 25.5 Å². The minimum Gasteiger partial charge on any atom is -0.357 e. The van der Waals surface area contributed by atoms with Crippen LogP contribution >= 0.6 is 0 Å². The molecule has 19 heavy (non-hydrogen) atoms. The Bertz CT molecular complexity index is 553. The molecule has 1 aromatic heterocycles. The van der Waals surface area contributed by atoms with E-state index < -0.39 is 0 Å². The van der Waals surface area contributed by atoms with Crippen LogP contribution in [-0.4, -0.2) is 30.1 Å². The molecule has 0 saturated heterocycles. The van der Waals surface area contributed by atoms with E-state index in [9.17, 15) is 0 Å². The van der Waals surface area contributed by atoms with E-state index in [2.05, 4.69) is 47.1 Å². The topological polar surface area (TPSA) is 41.1 Å². The number of anilines is 2. The molecule has 2 aromatic rings. The van der Waals surface area contributed by atoms with Crippen LogP contribution in [0.2, 0.25) is 0 Å². The number of hydrogen-bond acceptors (Lipinski definition) is 4. The Labute approximate surface area is 114 Å². The van der Waals surface area contributed by atoms with Gasteiger partial charge in [0, 0.05) is 25.5 Å². The van der Waals surface area contributed by atoms with Gasteiger partial charge in [0.25, 0.3) is 0 Å². The number of fused-ring (bicyclic) bond motifs is 1. The fourth-order valence-corrected chi connectivity index (χ4v) is 2.26. The van der Waals surface area contributed by atoms with Gasteiger partial charge < -0.3 is 10.2 Å². The Morgan fingerprint density at radius 1 is 1.26 bits per heavy atom. The molecular weight excluding hydrogens is 236 g/mol. The first-order valence-corrected chi connectivity index (χ1v) is 6.84. The van der Waals surface area contributed by atoms with Crippen LogP contribution in [0.25, 0.3) is 10.9 Å². The number of aromatic nitrogens is 2. The zero-order valence-corrected chi connectivity index (χ0v) is 12.1. The van der Waals surface area contributed by atoms with Gasteiger partial charge in [0.05, 0.1) is 5.52 Å². The average Bonchev–Trinajstić information content (AvgIpc) is 2.45. The van der Waals surface area contributed by atoms with Crippen molar-refractivity contribution in [3.05, 3.63) is 24.3 Å². The number of hydrogen-bond donors (Lipinski definition) is 1. The van der Waals surface area contributed by atoms with Crippen LogP contribution in [0.3, 0.4) is 0 Å². The number of para-hydroxylation sites is 1. The molecule has 1 unspecified atom stereocenters. The number of rotatable bonds is 5. The SMILES string of the molecule is CCCC(C)N(C)c1nc(NC)nc2ccccc12. The predicted octanol–water partition coefficient (Wildman–Crippen LogP) is 3.30. The lowest BCUT2D eigenvalue weighted by Crippen LogP contribution is -2.29. The number of nitrogens with one attached hydrogen (secondary N) is 1. The summed E-state index contributed by atoms with van der Waals surface area (Å²) in [5.41, 5.74) is 0.979. The van der Waals surface area contributed by atoms with Crippen LogP contribution in [0.4, 0.5) is 11.8 Å². The van der Waals surface area contributed by atoms with E-state index in [1.165, 1.54) is 6.42 Å². The highest BCUT2D eigenvalue weighted by Gasteiger charge is 2.15. The zero-order chi connectivity index (χ0) is 13.8. The maximum atomic E-state index is 4.63. The van der Waals surface area contributed by atoms with Gasteiger partial charge in [0.15, 0.2) is 0 Å². The molecule has 1 atom stereocenters. The Balaban J connectivity index is 2.51. The van der Waals surface area contributed by atoms with Crippen molar-refractivity contribution in [1.29, 1.82) is 0 Å². The maximum Gasteiger partial charge on any atom is 0.224 e. The van der Waals surface area contributed by atoms with Crippen LogP contribution in [0, 0.1) is 0 Å². The van der Waals surface area contributed by atoms with E-state index in [1.807, 2.05) is 25.2 Å². The molecule has 1 aromatic carbocycles. The minimum atomic E-state index is 0.466. The van der Waals surface area contributed by atoms with Gasteiger partial charge >= 0.3 is 0 Å². The monoisotopic (exact) mass is 258 g/mol. The summed E-state index contributed by atoms with van der Waals surface area (Å²) < 4.78 is 0. The molecule has 0 aliphatic heterocycles. The predicted molar refractivity (Wildman–Crippen MR) is 81.9 cm³/mol. The Kier molecular flexibility index (Phi) is 4.20. The molecule has 0 aliphatic rings. The van der Waals surface area contributed by atoms with Gasteiger partial charge in [-0.15, -0.1) is 0 Å². The fraction of sp³-hybridized carbons (Fsp3) is 0.467. The molecule has 0 spiro atoms. The molecule has 0 amide bonds. The minimum absolute atomic E-state index is 0.466. The van der Waals surface area contributed by atoms with Crippen LogP contribution in [0.15, 0.2) is 24.3 Å². The third-order valence-corrected chi connectivity index (χ3v) is 3.51. The van der Waals surface area contributed by atoms with Crippen LogP contribution in [-0.2, 0) is 0 Å². The molecule has 0 fully saturated rings. The van der Waals surface area contributed by atoms with Crippen molar-refractivity contribution in [2.45, 2.75) is 32.7 Å². The normalized spacial score (nSPS) is 12.4. The third-order valence-electron chi connectivity index (χ3n) is 3.51.